The molecule has 1 aromatic heterocycles. The Morgan fingerprint density at radius 3 is 2.77 bits per heavy atom. The lowest BCUT2D eigenvalue weighted by atomic mass is 10.2. The van der Waals surface area contributed by atoms with E-state index in [1.165, 1.54) is 11.3 Å². The molecule has 2 heterocycles. The van der Waals surface area contributed by atoms with Crippen molar-refractivity contribution in [3.8, 4) is 0 Å². The van der Waals surface area contributed by atoms with Crippen molar-refractivity contribution in [1.29, 1.82) is 0 Å². The summed E-state index contributed by atoms with van der Waals surface area (Å²) in [5, 5.41) is 6.03. The van der Waals surface area contributed by atoms with E-state index in [4.69, 9.17) is 22.1 Å². The third kappa shape index (κ3) is 5.87. The zero-order valence-electron chi connectivity index (χ0n) is 16.6. The van der Waals surface area contributed by atoms with Crippen LogP contribution in [0.5, 0.6) is 0 Å². The van der Waals surface area contributed by atoms with Crippen LogP contribution in [-0.4, -0.2) is 50.1 Å². The van der Waals surface area contributed by atoms with Gasteiger partial charge in [-0.2, -0.15) is 0 Å². The van der Waals surface area contributed by atoms with Crippen molar-refractivity contribution >= 4 is 52.1 Å². The van der Waals surface area contributed by atoms with Gasteiger partial charge in [0.2, 0.25) is 0 Å². The molecule has 1 unspecified atom stereocenters. The number of halogens is 1. The summed E-state index contributed by atoms with van der Waals surface area (Å²) < 4.78 is 5.92. The summed E-state index contributed by atoms with van der Waals surface area (Å²) in [6.45, 7) is 3.83. The van der Waals surface area contributed by atoms with Gasteiger partial charge in [-0.3, -0.25) is 14.7 Å². The molecule has 1 aliphatic heterocycles. The Bertz CT molecular complexity index is 915. The molecular weight excluding hydrogens is 426 g/mol. The molecule has 0 bridgehead atoms. The molecule has 0 saturated carbocycles. The summed E-state index contributed by atoms with van der Waals surface area (Å²) in [6.07, 6.45) is -0.108. The molecular formula is C20H24ClN5O3S. The Balaban J connectivity index is 1.48. The molecule has 30 heavy (non-hydrogen) atoms. The molecule has 0 aliphatic carbocycles. The largest absolute Gasteiger partial charge is 0.442 e. The molecule has 4 N–H and O–H groups in total. The van der Waals surface area contributed by atoms with Crippen molar-refractivity contribution < 1.29 is 14.3 Å². The number of carbonyl (C=O) groups is 2. The number of anilines is 2. The van der Waals surface area contributed by atoms with Crippen LogP contribution in [0.25, 0.3) is 0 Å². The van der Waals surface area contributed by atoms with Gasteiger partial charge >= 0.3 is 6.09 Å². The number of hydrogen-bond donors (Lipinski definition) is 3. The maximum atomic E-state index is 12.2. The Kier molecular flexibility index (Phi) is 7.53. The first-order valence-electron chi connectivity index (χ1n) is 9.60. The number of nitrogens with zero attached hydrogens (tertiary/aromatic N) is 2. The van der Waals surface area contributed by atoms with Crippen LogP contribution in [0.1, 0.15) is 23.0 Å². The number of nitrogens with two attached hydrogens (primary N) is 1. The highest BCUT2D eigenvalue weighted by atomic mass is 35.5. The van der Waals surface area contributed by atoms with E-state index >= 15 is 0 Å². The molecule has 2 amide bonds. The van der Waals surface area contributed by atoms with E-state index < -0.39 is 12.2 Å². The SMILES string of the molecule is CCC(N)=NCCNc1ccc(N2CC(CNC(=O)c3ccc(Cl)s3)OC2=O)cc1. The summed E-state index contributed by atoms with van der Waals surface area (Å²) in [5.74, 6) is 0.409. The zero-order valence-corrected chi connectivity index (χ0v) is 18.1. The van der Waals surface area contributed by atoms with Crippen molar-refractivity contribution in [2.75, 3.05) is 36.4 Å². The smallest absolute Gasteiger partial charge is 0.414 e. The second-order valence-corrected chi connectivity index (χ2v) is 8.35. The first-order chi connectivity index (χ1) is 14.5. The van der Waals surface area contributed by atoms with Crippen molar-refractivity contribution in [3.63, 3.8) is 0 Å². The van der Waals surface area contributed by atoms with Gasteiger partial charge in [0.1, 0.15) is 6.10 Å². The van der Waals surface area contributed by atoms with E-state index in [1.54, 1.807) is 17.0 Å². The van der Waals surface area contributed by atoms with Gasteiger partial charge in [-0.05, 0) is 36.4 Å². The van der Waals surface area contributed by atoms with Crippen molar-refractivity contribution in [2.45, 2.75) is 19.4 Å². The van der Waals surface area contributed by atoms with E-state index in [1.807, 2.05) is 31.2 Å². The molecule has 2 aromatic rings. The topological polar surface area (TPSA) is 109 Å². The van der Waals surface area contributed by atoms with Crippen LogP contribution in [0.3, 0.4) is 0 Å². The number of hydrogen-bond acceptors (Lipinski definition) is 6. The second kappa shape index (κ2) is 10.3. The van der Waals surface area contributed by atoms with Gasteiger partial charge in [-0.1, -0.05) is 18.5 Å². The summed E-state index contributed by atoms with van der Waals surface area (Å²) >= 11 is 7.05. The summed E-state index contributed by atoms with van der Waals surface area (Å²) in [7, 11) is 0. The quantitative estimate of drug-likeness (QED) is 0.309. The van der Waals surface area contributed by atoms with Gasteiger partial charge < -0.3 is 21.1 Å². The predicted molar refractivity (Wildman–Crippen MR) is 121 cm³/mol. The number of cyclic esters (lactones) is 1. The lowest BCUT2D eigenvalue weighted by Gasteiger charge is -2.14. The molecule has 0 spiro atoms. The average molecular weight is 450 g/mol. The van der Waals surface area contributed by atoms with Gasteiger partial charge in [0.05, 0.1) is 34.7 Å². The molecule has 1 saturated heterocycles. The minimum absolute atomic E-state index is 0.234. The van der Waals surface area contributed by atoms with Crippen LogP contribution in [-0.2, 0) is 4.74 Å². The highest BCUT2D eigenvalue weighted by molar-refractivity contribution is 7.18. The van der Waals surface area contributed by atoms with Gasteiger partial charge in [-0.15, -0.1) is 11.3 Å². The van der Waals surface area contributed by atoms with E-state index in [9.17, 15) is 9.59 Å². The van der Waals surface area contributed by atoms with Crippen LogP contribution in [0.4, 0.5) is 16.2 Å². The molecule has 1 atom stereocenters. The molecule has 1 aliphatic rings. The van der Waals surface area contributed by atoms with E-state index in [0.29, 0.717) is 34.7 Å². The summed E-state index contributed by atoms with van der Waals surface area (Å²) in [5.41, 5.74) is 7.34. The minimum atomic E-state index is -0.432. The Hall–Kier alpha value is -2.78. The van der Waals surface area contributed by atoms with Gasteiger partial charge in [0, 0.05) is 24.3 Å². The maximum absolute atomic E-state index is 12.2. The molecule has 0 radical (unpaired) electrons. The van der Waals surface area contributed by atoms with Crippen LogP contribution in [0, 0.1) is 0 Å². The molecule has 10 heteroatoms. The number of aliphatic imine (C=N–C) groups is 1. The number of benzene rings is 1. The van der Waals surface area contributed by atoms with E-state index in [2.05, 4.69) is 15.6 Å². The molecule has 3 rings (SSSR count). The fourth-order valence-electron chi connectivity index (χ4n) is 2.84. The van der Waals surface area contributed by atoms with Crippen molar-refractivity contribution in [3.05, 3.63) is 45.6 Å². The fourth-order valence-corrected chi connectivity index (χ4v) is 3.80. The van der Waals surface area contributed by atoms with E-state index in [-0.39, 0.29) is 12.5 Å². The number of rotatable bonds is 9. The lowest BCUT2D eigenvalue weighted by Crippen LogP contribution is -2.34. The highest BCUT2D eigenvalue weighted by Gasteiger charge is 2.32. The van der Waals surface area contributed by atoms with Crippen LogP contribution in [0.15, 0.2) is 41.4 Å². The maximum Gasteiger partial charge on any atom is 0.414 e. The Morgan fingerprint density at radius 1 is 1.33 bits per heavy atom. The Morgan fingerprint density at radius 2 is 2.10 bits per heavy atom. The zero-order chi connectivity index (χ0) is 21.5. The standard InChI is InChI=1S/C20H24ClN5O3S/c1-2-18(22)24-10-9-23-13-3-5-14(6-4-13)26-12-15(29-20(26)28)11-25-19(27)16-7-8-17(21)30-16/h3-8,15,23H,2,9-12H2,1H3,(H2,22,24)(H,25,27). The first-order valence-corrected chi connectivity index (χ1v) is 10.8. The number of carbonyl (C=O) groups excluding carboxylic acids is 2. The molecule has 8 nitrogen and oxygen atoms in total. The molecule has 1 fully saturated rings. The third-order valence-corrected chi connectivity index (χ3v) is 5.69. The average Bonchev–Trinajstić information content (AvgIpc) is 3.35. The van der Waals surface area contributed by atoms with Crippen LogP contribution < -0.4 is 21.3 Å². The third-order valence-electron chi connectivity index (χ3n) is 4.46. The van der Waals surface area contributed by atoms with Gasteiger partial charge in [0.25, 0.3) is 5.91 Å². The van der Waals surface area contributed by atoms with Gasteiger partial charge in [-0.25, -0.2) is 4.79 Å². The Labute approximate surface area is 184 Å². The fraction of sp³-hybridized carbons (Fsp3) is 0.350. The van der Waals surface area contributed by atoms with Crippen molar-refractivity contribution in [1.82, 2.24) is 5.32 Å². The number of ether oxygens (including phenoxy) is 1. The van der Waals surface area contributed by atoms with Crippen molar-refractivity contribution in [2.24, 2.45) is 10.7 Å². The summed E-state index contributed by atoms with van der Waals surface area (Å²) in [6, 6.07) is 10.8. The second-order valence-electron chi connectivity index (χ2n) is 6.63. The molecule has 1 aromatic carbocycles. The molecule has 160 valence electrons. The number of amides is 2. The van der Waals surface area contributed by atoms with Gasteiger partial charge in [0.15, 0.2) is 0 Å². The highest BCUT2D eigenvalue weighted by Crippen LogP contribution is 2.24. The monoisotopic (exact) mass is 449 g/mol. The van der Waals surface area contributed by atoms with Crippen LogP contribution in [0.2, 0.25) is 4.34 Å². The predicted octanol–water partition coefficient (Wildman–Crippen LogP) is 3.34. The number of amidine groups is 1. The minimum Gasteiger partial charge on any atom is -0.442 e. The summed E-state index contributed by atoms with van der Waals surface area (Å²) in [4.78, 5) is 30.6. The number of nitrogens with one attached hydrogen (secondary N) is 2. The van der Waals surface area contributed by atoms with E-state index in [0.717, 1.165) is 17.8 Å². The lowest BCUT2D eigenvalue weighted by molar-refractivity contribution is 0.0920. The normalized spacial score (nSPS) is 16.5. The number of thiophene rings is 1. The van der Waals surface area contributed by atoms with Crippen LogP contribution >= 0.6 is 22.9 Å². The first kappa shape index (κ1) is 21.9.